The Balaban J connectivity index is 0.00000225. The number of carbonyl (C=O) groups excluding carboxylic acids is 1. The predicted molar refractivity (Wildman–Crippen MR) is 59.3 cm³/mol. The number of carboxylic acid groups (broad SMARTS) is 1. The molecule has 0 aliphatic carbocycles. The van der Waals surface area contributed by atoms with Crippen LogP contribution in [0.2, 0.25) is 0 Å². The number of nitrogens with two attached hydrogens (primary N) is 1. The highest BCUT2D eigenvalue weighted by atomic mass is 16.4. The van der Waals surface area contributed by atoms with Crippen molar-refractivity contribution in [3.05, 3.63) is 35.9 Å². The molecule has 0 radical (unpaired) electrons. The fourth-order valence-corrected chi connectivity index (χ4v) is 1.22. The molecule has 1 atom stereocenters. The molecule has 1 aromatic carbocycles. The first-order valence-corrected chi connectivity index (χ1v) is 4.42. The van der Waals surface area contributed by atoms with Crippen LogP contribution < -0.4 is 17.2 Å². The van der Waals surface area contributed by atoms with Crippen LogP contribution >= 0.6 is 0 Å². The van der Waals surface area contributed by atoms with E-state index in [1.807, 2.05) is 6.07 Å². The molecule has 1 rings (SSSR count). The van der Waals surface area contributed by atoms with Crippen molar-refractivity contribution in [1.29, 1.82) is 0 Å². The Morgan fingerprint density at radius 2 is 1.88 bits per heavy atom. The van der Waals surface area contributed by atoms with Crippen molar-refractivity contribution < 1.29 is 14.7 Å². The summed E-state index contributed by atoms with van der Waals surface area (Å²) in [5, 5.41) is 11.0. The summed E-state index contributed by atoms with van der Waals surface area (Å²) < 4.78 is 0. The zero-order chi connectivity index (χ0) is 11.3. The second-order valence-electron chi connectivity index (χ2n) is 3.09. The fourth-order valence-electron chi connectivity index (χ4n) is 1.22. The van der Waals surface area contributed by atoms with E-state index in [9.17, 15) is 9.59 Å². The van der Waals surface area contributed by atoms with Crippen LogP contribution in [0, 0.1) is 0 Å². The maximum Gasteiger partial charge on any atom is 0.326 e. The van der Waals surface area contributed by atoms with Gasteiger partial charge in [-0.15, -0.1) is 0 Å². The zero-order valence-electron chi connectivity index (χ0n) is 8.72. The lowest BCUT2D eigenvalue weighted by Gasteiger charge is -2.12. The van der Waals surface area contributed by atoms with Crippen molar-refractivity contribution >= 4 is 12.0 Å². The van der Waals surface area contributed by atoms with Crippen molar-refractivity contribution in [3.8, 4) is 0 Å². The molecule has 0 aliphatic heterocycles. The van der Waals surface area contributed by atoms with Gasteiger partial charge in [-0.1, -0.05) is 30.3 Å². The molecular weight excluding hydrogens is 210 g/mol. The number of hydrogen-bond acceptors (Lipinski definition) is 3. The number of nitrogens with one attached hydrogen (secondary N) is 1. The first-order chi connectivity index (χ1) is 7.09. The number of benzene rings is 1. The van der Waals surface area contributed by atoms with Gasteiger partial charge >= 0.3 is 12.0 Å². The monoisotopic (exact) mass is 225 g/mol. The molecule has 1 unspecified atom stereocenters. The maximum absolute atomic E-state index is 10.8. The van der Waals surface area contributed by atoms with Gasteiger partial charge in [-0.2, -0.15) is 0 Å². The van der Waals surface area contributed by atoms with Gasteiger partial charge in [0, 0.05) is 6.42 Å². The molecule has 6 heteroatoms. The van der Waals surface area contributed by atoms with E-state index in [1.165, 1.54) is 0 Å². The minimum absolute atomic E-state index is 0. The number of aliphatic carboxylic acids is 1. The quantitative estimate of drug-likeness (QED) is 0.595. The van der Waals surface area contributed by atoms with Crippen LogP contribution in [0.4, 0.5) is 4.79 Å². The Morgan fingerprint density at radius 3 is 2.31 bits per heavy atom. The number of primary amides is 1. The molecule has 0 spiro atoms. The Morgan fingerprint density at radius 1 is 1.31 bits per heavy atom. The highest BCUT2D eigenvalue weighted by Gasteiger charge is 2.18. The molecule has 1 aromatic rings. The molecule has 0 aliphatic rings. The van der Waals surface area contributed by atoms with E-state index < -0.39 is 18.0 Å². The molecule has 6 nitrogen and oxygen atoms in total. The third-order valence-corrected chi connectivity index (χ3v) is 1.90. The Hall–Kier alpha value is -2.08. The Labute approximate surface area is 93.0 Å². The van der Waals surface area contributed by atoms with E-state index in [0.717, 1.165) is 5.56 Å². The Kier molecular flexibility index (Phi) is 5.58. The van der Waals surface area contributed by atoms with Gasteiger partial charge in [0.25, 0.3) is 0 Å². The molecule has 0 aromatic heterocycles. The van der Waals surface area contributed by atoms with Gasteiger partial charge in [0.1, 0.15) is 6.04 Å². The summed E-state index contributed by atoms with van der Waals surface area (Å²) in [5.74, 6) is -1.10. The van der Waals surface area contributed by atoms with Gasteiger partial charge in [-0.3, -0.25) is 0 Å². The number of urea groups is 1. The van der Waals surface area contributed by atoms with Gasteiger partial charge in [0.05, 0.1) is 0 Å². The summed E-state index contributed by atoms with van der Waals surface area (Å²) in [5.41, 5.74) is 5.70. The van der Waals surface area contributed by atoms with Gasteiger partial charge in [-0.25, -0.2) is 9.59 Å². The minimum atomic E-state index is -1.10. The van der Waals surface area contributed by atoms with Crippen LogP contribution in [0.5, 0.6) is 0 Å². The van der Waals surface area contributed by atoms with Crippen molar-refractivity contribution in [3.63, 3.8) is 0 Å². The molecule has 88 valence electrons. The predicted octanol–water partition coefficient (Wildman–Crippen LogP) is 0.513. The van der Waals surface area contributed by atoms with Crippen LogP contribution in [0.25, 0.3) is 0 Å². The molecule has 0 heterocycles. The van der Waals surface area contributed by atoms with Crippen molar-refractivity contribution in [1.82, 2.24) is 11.5 Å². The van der Waals surface area contributed by atoms with E-state index in [0.29, 0.717) is 0 Å². The smallest absolute Gasteiger partial charge is 0.326 e. The van der Waals surface area contributed by atoms with Gasteiger partial charge in [0.2, 0.25) is 0 Å². The normalized spacial score (nSPS) is 11.0. The molecule has 0 fully saturated rings. The highest BCUT2D eigenvalue weighted by Crippen LogP contribution is 2.03. The first kappa shape index (κ1) is 13.9. The van der Waals surface area contributed by atoms with Crippen LogP contribution in [0.1, 0.15) is 5.56 Å². The summed E-state index contributed by atoms with van der Waals surface area (Å²) in [6.07, 6.45) is 0.221. The van der Waals surface area contributed by atoms with E-state index in [4.69, 9.17) is 10.8 Å². The lowest BCUT2D eigenvalue weighted by Crippen LogP contribution is -2.44. The summed E-state index contributed by atoms with van der Waals surface area (Å²) >= 11 is 0. The van der Waals surface area contributed by atoms with Crippen LogP contribution in [0.3, 0.4) is 0 Å². The van der Waals surface area contributed by atoms with Gasteiger partial charge in [0.15, 0.2) is 0 Å². The molecule has 0 saturated carbocycles. The standard InChI is InChI=1S/C10H12N2O3.H3N/c11-10(15)12-8(9(13)14)6-7-4-2-1-3-5-7;/h1-5,8H,6H2,(H,13,14)(H3,11,12,15);1H3. The second-order valence-corrected chi connectivity index (χ2v) is 3.09. The summed E-state index contributed by atoms with van der Waals surface area (Å²) in [6, 6.07) is 7.21. The molecular formula is C10H15N3O3. The van der Waals surface area contributed by atoms with Crippen LogP contribution in [-0.4, -0.2) is 23.1 Å². The minimum Gasteiger partial charge on any atom is -0.480 e. The zero-order valence-corrected chi connectivity index (χ0v) is 8.72. The van der Waals surface area contributed by atoms with Crippen molar-refractivity contribution in [2.75, 3.05) is 0 Å². The third-order valence-electron chi connectivity index (χ3n) is 1.90. The largest absolute Gasteiger partial charge is 0.480 e. The molecule has 16 heavy (non-hydrogen) atoms. The van der Waals surface area contributed by atoms with Crippen LogP contribution in [-0.2, 0) is 11.2 Å². The van der Waals surface area contributed by atoms with Crippen molar-refractivity contribution in [2.45, 2.75) is 12.5 Å². The molecule has 2 amide bonds. The second kappa shape index (κ2) is 6.41. The van der Waals surface area contributed by atoms with E-state index in [1.54, 1.807) is 24.3 Å². The lowest BCUT2D eigenvalue weighted by molar-refractivity contribution is -0.139. The fraction of sp³-hybridized carbons (Fsp3) is 0.200. The number of hydrogen-bond donors (Lipinski definition) is 4. The number of rotatable bonds is 4. The van der Waals surface area contributed by atoms with E-state index in [2.05, 4.69) is 5.32 Å². The van der Waals surface area contributed by atoms with E-state index in [-0.39, 0.29) is 12.6 Å². The van der Waals surface area contributed by atoms with Gasteiger partial charge in [-0.05, 0) is 5.56 Å². The van der Waals surface area contributed by atoms with E-state index >= 15 is 0 Å². The number of carbonyl (C=O) groups is 2. The summed E-state index contributed by atoms with van der Waals surface area (Å²) in [7, 11) is 0. The number of amides is 2. The summed E-state index contributed by atoms with van der Waals surface area (Å²) in [6.45, 7) is 0. The van der Waals surface area contributed by atoms with Gasteiger partial charge < -0.3 is 22.3 Å². The molecule has 7 N–H and O–H groups in total. The average Bonchev–Trinajstić information content (AvgIpc) is 2.17. The first-order valence-electron chi connectivity index (χ1n) is 4.42. The number of carboxylic acids is 1. The lowest BCUT2D eigenvalue weighted by atomic mass is 10.1. The Bertz CT molecular complexity index is 354. The third kappa shape index (κ3) is 4.43. The average molecular weight is 225 g/mol. The molecule has 0 bridgehead atoms. The highest BCUT2D eigenvalue weighted by molar-refractivity contribution is 5.81. The van der Waals surface area contributed by atoms with Crippen LogP contribution in [0.15, 0.2) is 30.3 Å². The topological polar surface area (TPSA) is 127 Å². The maximum atomic E-state index is 10.8. The SMILES string of the molecule is N.NC(=O)NC(Cc1ccccc1)C(=O)O. The summed E-state index contributed by atoms with van der Waals surface area (Å²) in [4.78, 5) is 21.3. The van der Waals surface area contributed by atoms with Crippen molar-refractivity contribution in [2.24, 2.45) is 5.73 Å². The molecule has 0 saturated heterocycles.